The predicted molar refractivity (Wildman–Crippen MR) is 122 cm³/mol. The normalized spacial score (nSPS) is 13.2. The molecule has 3 amide bonds. The molecule has 1 heterocycles. The molecule has 0 aliphatic heterocycles. The Bertz CT molecular complexity index is 1180. The average molecular weight is 534 g/mol. The van der Waals surface area contributed by atoms with Crippen LogP contribution in [-0.2, 0) is 9.59 Å². The number of hydrogen-bond acceptors (Lipinski definition) is 3. The maximum absolute atomic E-state index is 13.0. The van der Waals surface area contributed by atoms with Gasteiger partial charge in [0.05, 0.1) is 11.2 Å². The van der Waals surface area contributed by atoms with Gasteiger partial charge < -0.3 is 10.6 Å². The smallest absolute Gasteiger partial charge is 0.328 e. The lowest BCUT2D eigenvalue weighted by Crippen LogP contribution is -2.40. The lowest BCUT2D eigenvalue weighted by Gasteiger charge is -2.13. The van der Waals surface area contributed by atoms with Crippen LogP contribution >= 0.6 is 31.9 Å². The maximum atomic E-state index is 13.0. The van der Waals surface area contributed by atoms with Crippen LogP contribution in [0.1, 0.15) is 28.9 Å². The van der Waals surface area contributed by atoms with Crippen LogP contribution in [0.3, 0.4) is 0 Å². The molecule has 1 aromatic heterocycles. The molecule has 0 atom stereocenters. The Morgan fingerprint density at radius 1 is 1.00 bits per heavy atom. The molecule has 0 bridgehead atoms. The van der Waals surface area contributed by atoms with Crippen molar-refractivity contribution in [1.29, 1.82) is 0 Å². The van der Waals surface area contributed by atoms with Gasteiger partial charge in [0.2, 0.25) is 0 Å². The van der Waals surface area contributed by atoms with Crippen molar-refractivity contribution in [2.75, 3.05) is 10.7 Å². The zero-order valence-electron chi connectivity index (χ0n) is 16.0. The van der Waals surface area contributed by atoms with E-state index in [0.29, 0.717) is 11.2 Å². The van der Waals surface area contributed by atoms with Gasteiger partial charge in [0.1, 0.15) is 5.69 Å². The van der Waals surface area contributed by atoms with E-state index >= 15 is 0 Å². The van der Waals surface area contributed by atoms with E-state index in [1.165, 1.54) is 4.68 Å². The van der Waals surface area contributed by atoms with E-state index in [0.717, 1.165) is 32.7 Å². The molecular weight excluding hydrogens is 516 g/mol. The first kappa shape index (κ1) is 20.6. The molecule has 154 valence electrons. The van der Waals surface area contributed by atoms with Crippen LogP contribution in [0.25, 0.3) is 10.9 Å². The highest BCUT2D eigenvalue weighted by Crippen LogP contribution is 2.26. The number of nitrogens with one attached hydrogen (secondary N) is 3. The van der Waals surface area contributed by atoms with Crippen molar-refractivity contribution in [2.24, 2.45) is 0 Å². The van der Waals surface area contributed by atoms with Gasteiger partial charge in [-0.05, 0) is 77.7 Å². The fraction of sp³-hybridized carbons (Fsp3) is 0.190. The molecule has 0 saturated heterocycles. The number of fused-ring (bicyclic) bond motifs is 1. The largest absolute Gasteiger partial charge is 0.345 e. The summed E-state index contributed by atoms with van der Waals surface area (Å²) in [6.45, 7) is 1.95. The van der Waals surface area contributed by atoms with E-state index < -0.39 is 17.7 Å². The van der Waals surface area contributed by atoms with Crippen molar-refractivity contribution in [1.82, 2.24) is 9.99 Å². The van der Waals surface area contributed by atoms with Gasteiger partial charge in [-0.2, -0.15) is 0 Å². The van der Waals surface area contributed by atoms with E-state index in [1.807, 2.05) is 25.1 Å². The van der Waals surface area contributed by atoms with E-state index in [4.69, 9.17) is 0 Å². The summed E-state index contributed by atoms with van der Waals surface area (Å²) >= 11 is 6.86. The van der Waals surface area contributed by atoms with Crippen molar-refractivity contribution in [3.63, 3.8) is 0 Å². The standard InChI is InChI=1S/C21H18Br2N4O3/c1-11-2-6-16(15(23)8-11)25-19(28)18-10-12-9-13(22)3-7-17(12)27(18)26-21(30)20(29)24-14-4-5-14/h2-3,6-10,14H,4-5H2,1H3,(H,24,29)(H,25,28)(H,26,30). The Morgan fingerprint density at radius 3 is 2.47 bits per heavy atom. The molecule has 0 unspecified atom stereocenters. The summed E-state index contributed by atoms with van der Waals surface area (Å²) in [4.78, 5) is 37.6. The van der Waals surface area contributed by atoms with Crippen molar-refractivity contribution >= 4 is 66.2 Å². The number of benzene rings is 2. The Labute approximate surface area is 189 Å². The number of amides is 3. The van der Waals surface area contributed by atoms with Gasteiger partial charge in [-0.1, -0.05) is 22.0 Å². The van der Waals surface area contributed by atoms with Gasteiger partial charge in [0.25, 0.3) is 5.91 Å². The summed E-state index contributed by atoms with van der Waals surface area (Å²) in [7, 11) is 0. The van der Waals surface area contributed by atoms with Gasteiger partial charge in [0, 0.05) is 20.4 Å². The minimum Gasteiger partial charge on any atom is -0.345 e. The molecule has 1 aliphatic rings. The Kier molecular flexibility index (Phi) is 5.66. The minimum absolute atomic E-state index is 0.0577. The molecule has 1 fully saturated rings. The first-order chi connectivity index (χ1) is 14.3. The average Bonchev–Trinajstić information content (AvgIpc) is 3.44. The van der Waals surface area contributed by atoms with Crippen LogP contribution in [-0.4, -0.2) is 28.4 Å². The number of rotatable bonds is 4. The zero-order valence-corrected chi connectivity index (χ0v) is 19.1. The van der Waals surface area contributed by atoms with Gasteiger partial charge in [-0.3, -0.25) is 19.8 Å². The SMILES string of the molecule is Cc1ccc(NC(=O)c2cc3cc(Br)ccc3n2NC(=O)C(=O)NC2CC2)c(Br)c1. The second-order valence-corrected chi connectivity index (χ2v) is 8.96. The maximum Gasteiger partial charge on any atom is 0.328 e. The Hall–Kier alpha value is -2.65. The summed E-state index contributed by atoms with van der Waals surface area (Å²) in [5.41, 5.74) is 5.00. The summed E-state index contributed by atoms with van der Waals surface area (Å²) < 4.78 is 2.92. The van der Waals surface area contributed by atoms with Crippen LogP contribution in [0.15, 0.2) is 51.4 Å². The summed E-state index contributed by atoms with van der Waals surface area (Å²) in [5.74, 6) is -1.97. The number of carbonyl (C=O) groups excluding carboxylic acids is 3. The highest BCUT2D eigenvalue weighted by Gasteiger charge is 2.27. The number of halogens is 2. The third-order valence-corrected chi connectivity index (χ3v) is 5.85. The third-order valence-electron chi connectivity index (χ3n) is 4.70. The molecule has 3 aromatic rings. The number of hydrogen-bond donors (Lipinski definition) is 3. The first-order valence-electron chi connectivity index (χ1n) is 9.32. The van der Waals surface area contributed by atoms with E-state index in [9.17, 15) is 14.4 Å². The van der Waals surface area contributed by atoms with Crippen LogP contribution in [0, 0.1) is 6.92 Å². The van der Waals surface area contributed by atoms with Crippen molar-refractivity contribution in [3.05, 3.63) is 62.7 Å². The highest BCUT2D eigenvalue weighted by atomic mass is 79.9. The Morgan fingerprint density at radius 2 is 1.77 bits per heavy atom. The summed E-state index contributed by atoms with van der Waals surface area (Å²) in [6.07, 6.45) is 1.75. The van der Waals surface area contributed by atoms with Crippen LogP contribution < -0.4 is 16.1 Å². The van der Waals surface area contributed by atoms with E-state index in [-0.39, 0.29) is 11.7 Å². The molecular formula is C21H18Br2N4O3. The number of aryl methyl sites for hydroxylation is 1. The molecule has 1 aliphatic carbocycles. The number of aromatic nitrogens is 1. The quantitative estimate of drug-likeness (QED) is 0.441. The number of anilines is 1. The summed E-state index contributed by atoms with van der Waals surface area (Å²) in [6, 6.07) is 12.7. The molecule has 1 saturated carbocycles. The third kappa shape index (κ3) is 4.41. The van der Waals surface area contributed by atoms with Crippen molar-refractivity contribution in [2.45, 2.75) is 25.8 Å². The van der Waals surface area contributed by atoms with E-state index in [1.54, 1.807) is 24.3 Å². The first-order valence-corrected chi connectivity index (χ1v) is 10.9. The molecule has 9 heteroatoms. The van der Waals surface area contributed by atoms with Gasteiger partial charge in [-0.25, -0.2) is 4.68 Å². The number of carbonyl (C=O) groups is 3. The van der Waals surface area contributed by atoms with Crippen LogP contribution in [0.4, 0.5) is 5.69 Å². The fourth-order valence-corrected chi connectivity index (χ4v) is 3.98. The number of nitrogens with zero attached hydrogens (tertiary/aromatic N) is 1. The Balaban J connectivity index is 1.67. The molecule has 0 spiro atoms. The molecule has 30 heavy (non-hydrogen) atoms. The van der Waals surface area contributed by atoms with Crippen molar-refractivity contribution < 1.29 is 14.4 Å². The lowest BCUT2D eigenvalue weighted by molar-refractivity contribution is -0.136. The lowest BCUT2D eigenvalue weighted by atomic mass is 10.2. The summed E-state index contributed by atoms with van der Waals surface area (Å²) in [5, 5.41) is 6.23. The van der Waals surface area contributed by atoms with Crippen LogP contribution in [0.5, 0.6) is 0 Å². The second-order valence-electron chi connectivity index (χ2n) is 7.19. The fourth-order valence-electron chi connectivity index (χ4n) is 3.01. The van der Waals surface area contributed by atoms with Crippen molar-refractivity contribution in [3.8, 4) is 0 Å². The molecule has 4 rings (SSSR count). The van der Waals surface area contributed by atoms with E-state index in [2.05, 4.69) is 47.9 Å². The molecule has 2 aromatic carbocycles. The minimum atomic E-state index is -0.826. The topological polar surface area (TPSA) is 92.2 Å². The second kappa shape index (κ2) is 8.23. The zero-order chi connectivity index (χ0) is 21.4. The molecule has 7 nitrogen and oxygen atoms in total. The molecule has 0 radical (unpaired) electrons. The highest BCUT2D eigenvalue weighted by molar-refractivity contribution is 9.10. The van der Waals surface area contributed by atoms with Crippen LogP contribution in [0.2, 0.25) is 0 Å². The predicted octanol–water partition coefficient (Wildman–Crippen LogP) is 4.08. The molecule has 3 N–H and O–H groups in total. The van der Waals surface area contributed by atoms with Gasteiger partial charge in [0.15, 0.2) is 0 Å². The van der Waals surface area contributed by atoms with Gasteiger partial charge >= 0.3 is 11.8 Å². The monoisotopic (exact) mass is 532 g/mol. The van der Waals surface area contributed by atoms with Gasteiger partial charge in [-0.15, -0.1) is 0 Å².